The standard InChI is InChI=1S/C9H14N2O10/c10-9(11,20-7(18)3(12)1-5(14)15)21-8(19)4(13)2-6(16)17/h3-4,12-13H,1-2,10-11H2,(H,14,15)(H,16,17)/p+2. The van der Waals surface area contributed by atoms with Gasteiger partial charge >= 0.3 is 29.9 Å². The second-order valence-corrected chi connectivity index (χ2v) is 3.98. The van der Waals surface area contributed by atoms with E-state index in [2.05, 4.69) is 20.9 Å². The maximum Gasteiger partial charge on any atom is 0.557 e. The Morgan fingerprint density at radius 2 is 1.14 bits per heavy atom. The lowest BCUT2D eigenvalue weighted by atomic mass is 10.2. The molecule has 0 saturated carbocycles. The summed E-state index contributed by atoms with van der Waals surface area (Å²) in [6.07, 6.45) is -5.98. The first-order chi connectivity index (χ1) is 9.44. The minimum absolute atomic E-state index is 0.954. The van der Waals surface area contributed by atoms with Crippen LogP contribution in [0.2, 0.25) is 0 Å². The number of aliphatic carboxylic acids is 2. The number of esters is 2. The number of aliphatic hydroxyl groups excluding tert-OH is 2. The number of ether oxygens (including phenoxy) is 2. The van der Waals surface area contributed by atoms with Gasteiger partial charge in [0.25, 0.3) is 0 Å². The van der Waals surface area contributed by atoms with Crippen LogP contribution in [0.4, 0.5) is 0 Å². The fourth-order valence-electron chi connectivity index (χ4n) is 1.02. The van der Waals surface area contributed by atoms with Gasteiger partial charge in [-0.1, -0.05) is 0 Å². The van der Waals surface area contributed by atoms with Crippen LogP contribution in [0.15, 0.2) is 0 Å². The van der Waals surface area contributed by atoms with E-state index in [1.165, 1.54) is 0 Å². The smallest absolute Gasteiger partial charge is 0.481 e. The molecule has 0 spiro atoms. The predicted molar refractivity (Wildman–Crippen MR) is 57.2 cm³/mol. The summed E-state index contributed by atoms with van der Waals surface area (Å²) < 4.78 is 8.70. The first-order valence-electron chi connectivity index (χ1n) is 5.40. The van der Waals surface area contributed by atoms with E-state index in [-0.39, 0.29) is 0 Å². The van der Waals surface area contributed by atoms with E-state index in [1.807, 2.05) is 0 Å². The number of aliphatic hydroxyl groups is 2. The van der Waals surface area contributed by atoms with Crippen molar-refractivity contribution in [3.8, 4) is 0 Å². The quantitative estimate of drug-likeness (QED) is 0.184. The normalized spacial score (nSPS) is 13.9. The highest BCUT2D eigenvalue weighted by molar-refractivity contribution is 5.82. The van der Waals surface area contributed by atoms with Gasteiger partial charge in [-0.05, 0) is 0 Å². The van der Waals surface area contributed by atoms with Gasteiger partial charge in [0.2, 0.25) is 0 Å². The first kappa shape index (κ1) is 18.7. The third kappa shape index (κ3) is 7.78. The Hall–Kier alpha value is -2.28. The maximum absolute atomic E-state index is 11.3. The van der Waals surface area contributed by atoms with Gasteiger partial charge in [-0.25, -0.2) is 21.1 Å². The lowest BCUT2D eigenvalue weighted by molar-refractivity contribution is -0.832. The van der Waals surface area contributed by atoms with E-state index in [0.717, 1.165) is 0 Å². The molecule has 12 heteroatoms. The minimum Gasteiger partial charge on any atom is -0.481 e. The molecule has 2 atom stereocenters. The van der Waals surface area contributed by atoms with E-state index < -0.39 is 55.0 Å². The Kier molecular flexibility index (Phi) is 6.68. The van der Waals surface area contributed by atoms with E-state index in [9.17, 15) is 19.2 Å². The highest BCUT2D eigenvalue weighted by atomic mass is 16.8. The van der Waals surface area contributed by atoms with Gasteiger partial charge in [0.05, 0.1) is 12.8 Å². The summed E-state index contributed by atoms with van der Waals surface area (Å²) in [6, 6.07) is -2.42. The highest BCUT2D eigenvalue weighted by Crippen LogP contribution is 2.03. The average Bonchev–Trinajstić information content (AvgIpc) is 2.25. The molecule has 0 aromatic heterocycles. The molecule has 0 aromatic rings. The monoisotopic (exact) mass is 312 g/mol. The fourth-order valence-corrected chi connectivity index (χ4v) is 1.02. The van der Waals surface area contributed by atoms with Gasteiger partial charge in [0.15, 0.2) is 12.2 Å². The van der Waals surface area contributed by atoms with Crippen LogP contribution < -0.4 is 11.5 Å². The van der Waals surface area contributed by atoms with Crippen molar-refractivity contribution in [2.75, 3.05) is 0 Å². The molecule has 0 rings (SSSR count). The maximum atomic E-state index is 11.3. The Morgan fingerprint density at radius 3 is 1.38 bits per heavy atom. The van der Waals surface area contributed by atoms with Gasteiger partial charge in [0.1, 0.15) is 0 Å². The summed E-state index contributed by atoms with van der Waals surface area (Å²) >= 11 is 0. The van der Waals surface area contributed by atoms with Gasteiger partial charge in [-0.3, -0.25) is 9.59 Å². The zero-order valence-corrected chi connectivity index (χ0v) is 10.7. The number of hydrogen-bond acceptors (Lipinski definition) is 8. The van der Waals surface area contributed by atoms with Gasteiger partial charge in [-0.2, -0.15) is 0 Å². The molecule has 21 heavy (non-hydrogen) atoms. The number of rotatable bonds is 8. The highest BCUT2D eigenvalue weighted by Gasteiger charge is 2.42. The van der Waals surface area contributed by atoms with Gasteiger partial charge < -0.3 is 29.9 Å². The van der Waals surface area contributed by atoms with Crippen LogP contribution in [0, 0.1) is 0 Å². The second-order valence-electron chi connectivity index (χ2n) is 3.98. The first-order valence-corrected chi connectivity index (χ1v) is 5.40. The molecule has 12 nitrogen and oxygen atoms in total. The lowest BCUT2D eigenvalue weighted by Gasteiger charge is -2.18. The number of carboxylic acids is 2. The van der Waals surface area contributed by atoms with Crippen molar-refractivity contribution in [3.05, 3.63) is 0 Å². The second kappa shape index (κ2) is 7.49. The third-order valence-electron chi connectivity index (χ3n) is 1.85. The number of quaternary nitrogens is 2. The molecule has 0 aliphatic carbocycles. The Labute approximate surface area is 116 Å². The molecule has 0 aliphatic heterocycles. The molecule has 2 unspecified atom stereocenters. The number of carbonyl (C=O) groups is 4. The Balaban J connectivity index is 4.55. The molecule has 0 saturated heterocycles. The number of carboxylic acid groups (broad SMARTS) is 2. The van der Waals surface area contributed by atoms with Crippen LogP contribution >= 0.6 is 0 Å². The van der Waals surface area contributed by atoms with E-state index in [4.69, 9.17) is 20.4 Å². The van der Waals surface area contributed by atoms with Crippen LogP contribution in [0.25, 0.3) is 0 Å². The Bertz CT molecular complexity index is 396. The zero-order chi connectivity index (χ0) is 16.8. The van der Waals surface area contributed by atoms with Crippen molar-refractivity contribution >= 4 is 23.9 Å². The fraction of sp³-hybridized carbons (Fsp3) is 0.556. The lowest BCUT2D eigenvalue weighted by Crippen LogP contribution is -2.98. The molecule has 0 radical (unpaired) electrons. The van der Waals surface area contributed by atoms with Crippen molar-refractivity contribution in [2.24, 2.45) is 0 Å². The predicted octanol–water partition coefficient (Wildman–Crippen LogP) is -5.16. The van der Waals surface area contributed by atoms with Crippen molar-refractivity contribution in [3.63, 3.8) is 0 Å². The molecule has 0 aliphatic rings. The molecule has 10 N–H and O–H groups in total. The third-order valence-corrected chi connectivity index (χ3v) is 1.85. The summed E-state index contributed by atoms with van der Waals surface area (Å²) in [5.74, 6) is -5.90. The van der Waals surface area contributed by atoms with Gasteiger partial charge in [0, 0.05) is 0 Å². The van der Waals surface area contributed by atoms with Crippen molar-refractivity contribution < 1.29 is 60.5 Å². The van der Waals surface area contributed by atoms with Crippen LogP contribution in [0.5, 0.6) is 0 Å². The van der Waals surface area contributed by atoms with Crippen molar-refractivity contribution in [1.82, 2.24) is 0 Å². The summed E-state index contributed by atoms with van der Waals surface area (Å²) in [6.45, 7) is 0. The average molecular weight is 312 g/mol. The summed E-state index contributed by atoms with van der Waals surface area (Å²) in [7, 11) is 0. The topological polar surface area (TPSA) is 223 Å². The number of hydrogen-bond donors (Lipinski definition) is 6. The molecule has 120 valence electrons. The summed E-state index contributed by atoms with van der Waals surface area (Å²) in [5.41, 5.74) is 6.12. The molecule has 0 aromatic carbocycles. The molecule has 0 amide bonds. The van der Waals surface area contributed by atoms with Crippen molar-refractivity contribution in [2.45, 2.75) is 31.1 Å². The van der Waals surface area contributed by atoms with Gasteiger partial charge in [-0.15, -0.1) is 0 Å². The van der Waals surface area contributed by atoms with Crippen LogP contribution in [0.3, 0.4) is 0 Å². The summed E-state index contributed by atoms with van der Waals surface area (Å²) in [5, 5.41) is 35.0. The largest absolute Gasteiger partial charge is 0.557 e. The van der Waals surface area contributed by atoms with E-state index in [0.29, 0.717) is 0 Å². The van der Waals surface area contributed by atoms with Crippen LogP contribution in [-0.2, 0) is 28.7 Å². The zero-order valence-electron chi connectivity index (χ0n) is 10.7. The summed E-state index contributed by atoms with van der Waals surface area (Å²) in [4.78, 5) is 43.1. The number of carbonyl (C=O) groups excluding carboxylic acids is 2. The van der Waals surface area contributed by atoms with Crippen molar-refractivity contribution in [1.29, 1.82) is 0 Å². The molecule has 0 heterocycles. The molecular weight excluding hydrogens is 296 g/mol. The van der Waals surface area contributed by atoms with Crippen LogP contribution in [-0.4, -0.2) is 62.5 Å². The molecular formula is C9H16N2O10+2. The van der Waals surface area contributed by atoms with Crippen LogP contribution in [0.1, 0.15) is 12.8 Å². The van der Waals surface area contributed by atoms with E-state index >= 15 is 0 Å². The molecule has 0 bridgehead atoms. The minimum atomic E-state index is -2.42. The molecule has 0 fully saturated rings. The Morgan fingerprint density at radius 1 is 0.857 bits per heavy atom. The SMILES string of the molecule is [NH3+]C([NH3+])(OC(=O)C(O)CC(=O)O)OC(=O)C(O)CC(=O)O. The van der Waals surface area contributed by atoms with E-state index in [1.54, 1.807) is 0 Å².